The van der Waals surface area contributed by atoms with Crippen LogP contribution in [-0.2, 0) is 11.3 Å². The smallest absolute Gasteiger partial charge is 0.338 e. The van der Waals surface area contributed by atoms with E-state index in [0.29, 0.717) is 18.8 Å². The molecule has 0 unspecified atom stereocenters. The first-order valence-electron chi connectivity index (χ1n) is 5.83. The highest BCUT2D eigenvalue weighted by atomic mass is 16.4. The van der Waals surface area contributed by atoms with Gasteiger partial charge in [0.05, 0.1) is 18.7 Å². The van der Waals surface area contributed by atoms with Gasteiger partial charge in [0.25, 0.3) is 0 Å². The minimum atomic E-state index is -1.00. The Morgan fingerprint density at radius 1 is 1.50 bits per heavy atom. The van der Waals surface area contributed by atoms with E-state index in [1.165, 1.54) is 12.3 Å². The maximum Gasteiger partial charge on any atom is 0.338 e. The van der Waals surface area contributed by atoms with Gasteiger partial charge in [-0.3, -0.25) is 9.69 Å². The number of aromatic carboxylic acids is 1. The van der Waals surface area contributed by atoms with E-state index in [1.807, 2.05) is 4.90 Å². The Labute approximate surface area is 105 Å². The number of carboxylic acids is 1. The molecule has 0 aliphatic carbocycles. The molecule has 2 heterocycles. The Bertz CT molecular complexity index is 455. The summed E-state index contributed by atoms with van der Waals surface area (Å²) in [6, 6.07) is 1.50. The van der Waals surface area contributed by atoms with Crippen LogP contribution in [0.1, 0.15) is 22.5 Å². The first-order valence-corrected chi connectivity index (χ1v) is 5.83. The van der Waals surface area contributed by atoms with Gasteiger partial charge in [0.2, 0.25) is 5.91 Å². The van der Waals surface area contributed by atoms with E-state index in [1.54, 1.807) is 11.9 Å². The molecule has 1 fully saturated rings. The lowest BCUT2D eigenvalue weighted by atomic mass is 10.3. The van der Waals surface area contributed by atoms with Crippen LogP contribution in [0.4, 0.5) is 0 Å². The first kappa shape index (κ1) is 12.6. The van der Waals surface area contributed by atoms with E-state index in [2.05, 4.69) is 0 Å². The van der Waals surface area contributed by atoms with Crippen molar-refractivity contribution in [2.45, 2.75) is 13.0 Å². The number of likely N-dealkylation sites (N-methyl/N-ethyl adjacent to an activating group) is 1. The molecule has 98 valence electrons. The zero-order valence-corrected chi connectivity index (χ0v) is 10.3. The van der Waals surface area contributed by atoms with Gasteiger partial charge in [-0.1, -0.05) is 0 Å². The standard InChI is InChI=1S/C12H16N2O4/c1-13-3-2-4-14(7-11(13)15)6-10-5-9(8-18-10)12(16)17/h5,8H,2-4,6-7H2,1H3,(H,16,17). The van der Waals surface area contributed by atoms with E-state index in [0.717, 1.165) is 19.5 Å². The van der Waals surface area contributed by atoms with Crippen molar-refractivity contribution in [3.8, 4) is 0 Å². The van der Waals surface area contributed by atoms with Crippen molar-refractivity contribution in [2.24, 2.45) is 0 Å². The molecule has 0 bridgehead atoms. The van der Waals surface area contributed by atoms with Gasteiger partial charge >= 0.3 is 5.97 Å². The fourth-order valence-corrected chi connectivity index (χ4v) is 1.98. The molecule has 1 aromatic rings. The highest BCUT2D eigenvalue weighted by Gasteiger charge is 2.20. The van der Waals surface area contributed by atoms with Gasteiger partial charge in [0.1, 0.15) is 12.0 Å². The SMILES string of the molecule is CN1CCCN(Cc2cc(C(=O)O)co2)CC1=O. The third-order valence-electron chi connectivity index (χ3n) is 3.03. The largest absolute Gasteiger partial charge is 0.478 e. The quantitative estimate of drug-likeness (QED) is 0.854. The van der Waals surface area contributed by atoms with Crippen LogP contribution in [0, 0.1) is 0 Å². The van der Waals surface area contributed by atoms with Crippen LogP contribution in [0.2, 0.25) is 0 Å². The number of carbonyl (C=O) groups excluding carboxylic acids is 1. The minimum Gasteiger partial charge on any atom is -0.478 e. The summed E-state index contributed by atoms with van der Waals surface area (Å²) in [5.74, 6) is -0.348. The van der Waals surface area contributed by atoms with E-state index >= 15 is 0 Å². The number of hydrogen-bond acceptors (Lipinski definition) is 4. The zero-order chi connectivity index (χ0) is 13.1. The maximum absolute atomic E-state index is 11.7. The number of amides is 1. The highest BCUT2D eigenvalue weighted by Crippen LogP contribution is 2.12. The van der Waals surface area contributed by atoms with Crippen molar-refractivity contribution in [1.29, 1.82) is 0 Å². The van der Waals surface area contributed by atoms with Crippen LogP contribution in [0.5, 0.6) is 0 Å². The van der Waals surface area contributed by atoms with Gasteiger partial charge in [0, 0.05) is 20.1 Å². The van der Waals surface area contributed by atoms with E-state index in [9.17, 15) is 9.59 Å². The fraction of sp³-hybridized carbons (Fsp3) is 0.500. The summed E-state index contributed by atoms with van der Waals surface area (Å²) in [7, 11) is 1.79. The molecule has 0 radical (unpaired) electrons. The predicted octanol–water partition coefficient (Wildman–Crippen LogP) is 0.642. The van der Waals surface area contributed by atoms with Crippen molar-refractivity contribution < 1.29 is 19.1 Å². The lowest BCUT2D eigenvalue weighted by Gasteiger charge is -2.17. The molecule has 0 spiro atoms. The van der Waals surface area contributed by atoms with Crippen LogP contribution in [0.3, 0.4) is 0 Å². The van der Waals surface area contributed by atoms with E-state index in [4.69, 9.17) is 9.52 Å². The average molecular weight is 252 g/mol. The van der Waals surface area contributed by atoms with Crippen molar-refractivity contribution in [2.75, 3.05) is 26.7 Å². The van der Waals surface area contributed by atoms with Gasteiger partial charge in [0.15, 0.2) is 0 Å². The third kappa shape index (κ3) is 2.89. The number of hydrogen-bond donors (Lipinski definition) is 1. The monoisotopic (exact) mass is 252 g/mol. The molecular formula is C12H16N2O4. The van der Waals surface area contributed by atoms with Crippen molar-refractivity contribution >= 4 is 11.9 Å². The molecule has 1 aromatic heterocycles. The first-order chi connectivity index (χ1) is 8.56. The molecule has 2 rings (SSSR count). The normalized spacial score (nSPS) is 17.8. The Morgan fingerprint density at radius 2 is 2.28 bits per heavy atom. The van der Waals surface area contributed by atoms with Crippen LogP contribution in [-0.4, -0.2) is 53.5 Å². The van der Waals surface area contributed by atoms with E-state index < -0.39 is 5.97 Å². The minimum absolute atomic E-state index is 0.0810. The second-order valence-corrected chi connectivity index (χ2v) is 4.49. The second-order valence-electron chi connectivity index (χ2n) is 4.49. The van der Waals surface area contributed by atoms with Crippen LogP contribution < -0.4 is 0 Å². The molecule has 18 heavy (non-hydrogen) atoms. The average Bonchev–Trinajstić information content (AvgIpc) is 2.71. The number of rotatable bonds is 3. The summed E-state index contributed by atoms with van der Waals surface area (Å²) in [6.07, 6.45) is 2.14. The zero-order valence-electron chi connectivity index (χ0n) is 10.3. The van der Waals surface area contributed by atoms with Crippen molar-refractivity contribution in [3.05, 3.63) is 23.7 Å². The number of carbonyl (C=O) groups is 2. The van der Waals surface area contributed by atoms with Gasteiger partial charge in [-0.05, 0) is 12.5 Å². The van der Waals surface area contributed by atoms with Gasteiger partial charge < -0.3 is 14.4 Å². The summed E-state index contributed by atoms with van der Waals surface area (Å²) < 4.78 is 5.18. The second kappa shape index (κ2) is 5.22. The topological polar surface area (TPSA) is 74.0 Å². The Morgan fingerprint density at radius 3 is 2.94 bits per heavy atom. The molecule has 0 saturated carbocycles. The lowest BCUT2D eigenvalue weighted by Crippen LogP contribution is -2.33. The summed E-state index contributed by atoms with van der Waals surface area (Å²) in [5.41, 5.74) is 0.142. The molecule has 6 heteroatoms. The molecule has 0 aromatic carbocycles. The van der Waals surface area contributed by atoms with Gasteiger partial charge in [-0.15, -0.1) is 0 Å². The summed E-state index contributed by atoms with van der Waals surface area (Å²) >= 11 is 0. The maximum atomic E-state index is 11.7. The lowest BCUT2D eigenvalue weighted by molar-refractivity contribution is -0.130. The summed E-state index contributed by atoms with van der Waals surface area (Å²) in [5, 5.41) is 8.79. The molecule has 1 saturated heterocycles. The summed E-state index contributed by atoms with van der Waals surface area (Å²) in [6.45, 7) is 2.37. The van der Waals surface area contributed by atoms with Gasteiger partial charge in [-0.25, -0.2) is 4.79 Å². The van der Waals surface area contributed by atoms with Crippen LogP contribution >= 0.6 is 0 Å². The van der Waals surface area contributed by atoms with Crippen molar-refractivity contribution in [3.63, 3.8) is 0 Å². The van der Waals surface area contributed by atoms with Crippen LogP contribution in [0.15, 0.2) is 16.7 Å². The van der Waals surface area contributed by atoms with Crippen molar-refractivity contribution in [1.82, 2.24) is 9.80 Å². The Kier molecular flexibility index (Phi) is 3.66. The summed E-state index contributed by atoms with van der Waals surface area (Å²) in [4.78, 5) is 26.1. The molecule has 1 aliphatic rings. The molecular weight excluding hydrogens is 236 g/mol. The Balaban J connectivity index is 1.99. The number of furan rings is 1. The molecule has 6 nitrogen and oxygen atoms in total. The third-order valence-corrected chi connectivity index (χ3v) is 3.03. The molecule has 1 N–H and O–H groups in total. The highest BCUT2D eigenvalue weighted by molar-refractivity contribution is 5.87. The molecule has 0 atom stereocenters. The molecule has 1 amide bonds. The predicted molar refractivity (Wildman–Crippen MR) is 63.2 cm³/mol. The van der Waals surface area contributed by atoms with Crippen LogP contribution in [0.25, 0.3) is 0 Å². The van der Waals surface area contributed by atoms with E-state index in [-0.39, 0.29) is 11.5 Å². The number of nitrogens with zero attached hydrogens (tertiary/aromatic N) is 2. The molecule has 1 aliphatic heterocycles. The van der Waals surface area contributed by atoms with Gasteiger partial charge in [-0.2, -0.15) is 0 Å². The fourth-order valence-electron chi connectivity index (χ4n) is 1.98. The Hall–Kier alpha value is -1.82. The number of carboxylic acid groups (broad SMARTS) is 1.